The Kier molecular flexibility index (Phi) is 14.1. The van der Waals surface area contributed by atoms with Crippen LogP contribution in [0.2, 0.25) is 0 Å². The highest BCUT2D eigenvalue weighted by Gasteiger charge is 2.30. The highest BCUT2D eigenvalue weighted by molar-refractivity contribution is 5.97. The lowest BCUT2D eigenvalue weighted by Gasteiger charge is -2.29. The third-order valence-electron chi connectivity index (χ3n) is 6.48. The van der Waals surface area contributed by atoms with Gasteiger partial charge in [-0.05, 0) is 44.1 Å². The van der Waals surface area contributed by atoms with Gasteiger partial charge in [-0.25, -0.2) is 4.79 Å². The first-order chi connectivity index (χ1) is 17.0. The van der Waals surface area contributed by atoms with Crippen molar-refractivity contribution in [2.75, 3.05) is 7.11 Å². The van der Waals surface area contributed by atoms with Crippen molar-refractivity contribution < 1.29 is 39.2 Å². The second kappa shape index (κ2) is 16.2. The van der Waals surface area contributed by atoms with Crippen molar-refractivity contribution in [1.82, 2.24) is 5.32 Å². The number of carboxylic acid groups (broad SMARTS) is 1. The number of unbranched alkanes of at least 4 members (excludes halogenated alkanes) is 1. The zero-order valence-corrected chi connectivity index (χ0v) is 21.7. The zero-order valence-electron chi connectivity index (χ0n) is 21.7. The number of aliphatic hydroxyl groups excluding tert-OH is 2. The summed E-state index contributed by atoms with van der Waals surface area (Å²) in [5.41, 5.74) is 0.578. The first-order valence-electron chi connectivity index (χ1n) is 12.4. The summed E-state index contributed by atoms with van der Waals surface area (Å²) < 4.78 is 5.36. The van der Waals surface area contributed by atoms with E-state index in [1.165, 1.54) is 7.11 Å². The number of piperidine rings is 1. The van der Waals surface area contributed by atoms with Crippen LogP contribution in [0.15, 0.2) is 36.0 Å². The maximum atomic E-state index is 12.6. The molecule has 1 fully saturated rings. The van der Waals surface area contributed by atoms with Gasteiger partial charge >= 0.3 is 5.97 Å². The number of carbonyl (C=O) groups excluding carboxylic acids is 3. The second-order valence-electron chi connectivity index (χ2n) is 9.54. The standard InChI is InChI=1S/C27H41NO8/c1-17(21(29)11-9-10-20-15-23(30)28-24(31)16-20)14-18(2)26(34)19(3)27(35)22(36-4)12-7-5-6-8-13-25(32)33/h7-8,12-14,17,19-20,22,26-27,34-35H,5-6,9-11,15-16H2,1-4H3,(H,32,33)(H,28,30,31)/b12-7+,13-8+,18-14+/t17-,19-,22-,26-,27-/m1/s1. The van der Waals surface area contributed by atoms with Gasteiger partial charge in [0.2, 0.25) is 11.8 Å². The largest absolute Gasteiger partial charge is 0.478 e. The fourth-order valence-electron chi connectivity index (χ4n) is 4.28. The number of methoxy groups -OCH3 is 1. The monoisotopic (exact) mass is 507 g/mol. The number of nitrogens with one attached hydrogen (secondary N) is 1. The molecule has 0 spiro atoms. The Bertz CT molecular complexity index is 831. The molecule has 0 aliphatic carbocycles. The lowest BCUT2D eigenvalue weighted by atomic mass is 9.87. The molecule has 4 N–H and O–H groups in total. The summed E-state index contributed by atoms with van der Waals surface area (Å²) in [7, 11) is 1.46. The minimum absolute atomic E-state index is 0.0102. The topological polar surface area (TPSA) is 150 Å². The van der Waals surface area contributed by atoms with Crippen molar-refractivity contribution in [3.05, 3.63) is 36.0 Å². The van der Waals surface area contributed by atoms with E-state index in [0.717, 1.165) is 6.08 Å². The molecule has 1 saturated heterocycles. The fourth-order valence-corrected chi connectivity index (χ4v) is 4.28. The molecule has 1 rings (SSSR count). The van der Waals surface area contributed by atoms with E-state index >= 15 is 0 Å². The predicted octanol–water partition coefficient (Wildman–Crippen LogP) is 2.71. The Morgan fingerprint density at radius 2 is 1.72 bits per heavy atom. The average molecular weight is 508 g/mol. The summed E-state index contributed by atoms with van der Waals surface area (Å²) in [5.74, 6) is -2.54. The van der Waals surface area contributed by atoms with E-state index in [1.54, 1.807) is 45.1 Å². The number of amides is 2. The van der Waals surface area contributed by atoms with Crippen LogP contribution in [0, 0.1) is 17.8 Å². The van der Waals surface area contributed by atoms with E-state index < -0.39 is 36.1 Å². The van der Waals surface area contributed by atoms with E-state index in [1.807, 2.05) is 0 Å². The van der Waals surface area contributed by atoms with Gasteiger partial charge in [0.05, 0.1) is 12.2 Å². The summed E-state index contributed by atoms with van der Waals surface area (Å²) >= 11 is 0. The molecule has 0 radical (unpaired) electrons. The third-order valence-corrected chi connectivity index (χ3v) is 6.48. The lowest BCUT2D eigenvalue weighted by Crippen LogP contribution is -2.39. The first kappa shape index (κ1) is 31.4. The van der Waals surface area contributed by atoms with Crippen LogP contribution in [0.25, 0.3) is 0 Å². The molecular formula is C27H41NO8. The van der Waals surface area contributed by atoms with Gasteiger partial charge in [-0.15, -0.1) is 0 Å². The predicted molar refractivity (Wildman–Crippen MR) is 135 cm³/mol. The van der Waals surface area contributed by atoms with E-state index in [-0.39, 0.29) is 23.5 Å². The number of allylic oxidation sites excluding steroid dienone is 3. The lowest BCUT2D eigenvalue weighted by molar-refractivity contribution is -0.135. The number of carboxylic acids is 1. The van der Waals surface area contributed by atoms with Crippen LogP contribution in [0.4, 0.5) is 0 Å². The van der Waals surface area contributed by atoms with Crippen LogP contribution < -0.4 is 5.32 Å². The van der Waals surface area contributed by atoms with Gasteiger partial charge in [-0.1, -0.05) is 38.2 Å². The van der Waals surface area contributed by atoms with Gasteiger partial charge in [-0.2, -0.15) is 0 Å². The SMILES string of the molecule is CO[C@H](/C=C/CC/C=C/C(=O)O)[C@H](O)[C@H](C)[C@H](O)/C(C)=C/[C@@H](C)C(=O)CCCC1CC(=O)NC(=O)C1. The van der Waals surface area contributed by atoms with E-state index in [0.29, 0.717) is 50.5 Å². The molecule has 9 nitrogen and oxygen atoms in total. The van der Waals surface area contributed by atoms with Crippen LogP contribution in [0.1, 0.15) is 65.7 Å². The molecule has 0 unspecified atom stereocenters. The Morgan fingerprint density at radius 1 is 1.11 bits per heavy atom. The summed E-state index contributed by atoms with van der Waals surface area (Å²) in [6.07, 6.45) is 8.46. The van der Waals surface area contributed by atoms with Gasteiger partial charge in [0.1, 0.15) is 11.9 Å². The smallest absolute Gasteiger partial charge is 0.327 e. The first-order valence-corrected chi connectivity index (χ1v) is 12.4. The molecular weight excluding hydrogens is 466 g/mol. The van der Waals surface area contributed by atoms with Crippen molar-refractivity contribution in [2.45, 2.75) is 84.0 Å². The van der Waals surface area contributed by atoms with E-state index in [2.05, 4.69) is 5.32 Å². The summed E-state index contributed by atoms with van der Waals surface area (Å²) in [4.78, 5) is 46.0. The third kappa shape index (κ3) is 11.4. The van der Waals surface area contributed by atoms with Crippen LogP contribution in [-0.2, 0) is 23.9 Å². The maximum Gasteiger partial charge on any atom is 0.327 e. The van der Waals surface area contributed by atoms with Crippen molar-refractivity contribution in [3.8, 4) is 0 Å². The van der Waals surface area contributed by atoms with Crippen molar-refractivity contribution >= 4 is 23.6 Å². The van der Waals surface area contributed by atoms with Crippen molar-refractivity contribution in [2.24, 2.45) is 17.8 Å². The number of ether oxygens (including phenoxy) is 1. The fraction of sp³-hybridized carbons (Fsp3) is 0.630. The van der Waals surface area contributed by atoms with Gasteiger partial charge in [-0.3, -0.25) is 19.7 Å². The highest BCUT2D eigenvalue weighted by Crippen LogP contribution is 2.23. The second-order valence-corrected chi connectivity index (χ2v) is 9.54. The quantitative estimate of drug-likeness (QED) is 0.108. The Hall–Kier alpha value is -2.62. The maximum absolute atomic E-state index is 12.6. The molecule has 0 aromatic rings. The Labute approximate surface area is 213 Å². The van der Waals surface area contributed by atoms with Gasteiger partial charge in [0.25, 0.3) is 0 Å². The molecule has 0 aromatic carbocycles. The number of rotatable bonds is 16. The van der Waals surface area contributed by atoms with E-state index in [9.17, 15) is 29.4 Å². The molecule has 1 aliphatic heterocycles. The summed E-state index contributed by atoms with van der Waals surface area (Å²) in [5, 5.41) is 32.4. The van der Waals surface area contributed by atoms with Crippen LogP contribution in [-0.4, -0.2) is 64.3 Å². The molecule has 202 valence electrons. The Morgan fingerprint density at radius 3 is 2.31 bits per heavy atom. The molecule has 9 heteroatoms. The number of aliphatic hydroxyl groups is 2. The van der Waals surface area contributed by atoms with Gasteiger partial charge in [0.15, 0.2) is 0 Å². The molecule has 5 atom stereocenters. The average Bonchev–Trinajstić information content (AvgIpc) is 2.81. The molecule has 1 aliphatic rings. The number of hydrogen-bond acceptors (Lipinski definition) is 7. The molecule has 2 amide bonds. The molecule has 0 saturated carbocycles. The molecule has 0 aromatic heterocycles. The summed E-state index contributed by atoms with van der Waals surface area (Å²) in [6.45, 7) is 5.18. The number of carbonyl (C=O) groups is 4. The number of ketones is 1. The molecule has 36 heavy (non-hydrogen) atoms. The zero-order chi connectivity index (χ0) is 27.3. The minimum atomic E-state index is -1.00. The van der Waals surface area contributed by atoms with Crippen molar-refractivity contribution in [3.63, 3.8) is 0 Å². The molecule has 1 heterocycles. The highest BCUT2D eigenvalue weighted by atomic mass is 16.5. The van der Waals surface area contributed by atoms with Crippen molar-refractivity contribution in [1.29, 1.82) is 0 Å². The van der Waals surface area contributed by atoms with Crippen LogP contribution in [0.5, 0.6) is 0 Å². The number of imide groups is 1. The van der Waals surface area contributed by atoms with Crippen LogP contribution in [0.3, 0.4) is 0 Å². The summed E-state index contributed by atoms with van der Waals surface area (Å²) in [6, 6.07) is 0. The number of Topliss-reactive ketones (excluding diaryl/α,β-unsaturated/α-hetero) is 1. The van der Waals surface area contributed by atoms with Gasteiger partial charge < -0.3 is 20.1 Å². The van der Waals surface area contributed by atoms with Crippen LogP contribution >= 0.6 is 0 Å². The van der Waals surface area contributed by atoms with E-state index in [4.69, 9.17) is 9.84 Å². The number of aliphatic carboxylic acids is 1. The minimum Gasteiger partial charge on any atom is -0.478 e. The molecule has 0 bridgehead atoms. The normalized spacial score (nSPS) is 19.8. The van der Waals surface area contributed by atoms with Gasteiger partial charge in [0, 0.05) is 44.3 Å². The number of hydrogen-bond donors (Lipinski definition) is 4. The Balaban J connectivity index is 2.57.